The molecule has 0 radical (unpaired) electrons. The second-order valence-electron chi connectivity index (χ2n) is 5.49. The Bertz CT molecular complexity index is 484. The number of thiophene rings is 1. The zero-order valence-electron chi connectivity index (χ0n) is 9.50. The number of carboxylic acids is 1. The van der Waals surface area contributed by atoms with Crippen LogP contribution in [0.5, 0.6) is 0 Å². The number of rotatable bonds is 1. The lowest BCUT2D eigenvalue weighted by Gasteiger charge is -2.46. The lowest BCUT2D eigenvalue weighted by atomic mass is 9.75. The zero-order chi connectivity index (χ0) is 11.6. The van der Waals surface area contributed by atoms with Crippen molar-refractivity contribution in [1.29, 1.82) is 0 Å². The van der Waals surface area contributed by atoms with Crippen LogP contribution in [0.4, 0.5) is 0 Å². The molecule has 3 aliphatic rings. The highest BCUT2D eigenvalue weighted by atomic mass is 32.1. The molecule has 0 aromatic carbocycles. The second-order valence-corrected chi connectivity index (χ2v) is 6.43. The smallest absolute Gasteiger partial charge is 0.307 e. The van der Waals surface area contributed by atoms with Crippen molar-refractivity contribution in [1.82, 2.24) is 4.90 Å². The predicted octanol–water partition coefficient (Wildman–Crippen LogP) is 2.28. The van der Waals surface area contributed by atoms with Crippen molar-refractivity contribution in [3.8, 4) is 0 Å². The number of piperidine rings is 1. The van der Waals surface area contributed by atoms with Crippen LogP contribution in [-0.4, -0.2) is 28.1 Å². The molecule has 0 spiro atoms. The highest BCUT2D eigenvalue weighted by molar-refractivity contribution is 7.10. The van der Waals surface area contributed by atoms with E-state index in [1.165, 1.54) is 23.3 Å². The van der Waals surface area contributed by atoms with Gasteiger partial charge in [-0.3, -0.25) is 9.69 Å². The van der Waals surface area contributed by atoms with E-state index >= 15 is 0 Å². The molecule has 0 aliphatic carbocycles. The number of hydrogen-bond acceptors (Lipinski definition) is 3. The molecular formula is C13H15NO2S. The molecule has 4 rings (SSSR count). The highest BCUT2D eigenvalue weighted by Gasteiger charge is 2.53. The molecule has 3 aliphatic heterocycles. The van der Waals surface area contributed by atoms with Crippen molar-refractivity contribution < 1.29 is 9.90 Å². The minimum absolute atomic E-state index is 0.151. The molecule has 1 N–H and O–H groups in total. The van der Waals surface area contributed by atoms with E-state index in [1.54, 1.807) is 11.3 Å². The minimum atomic E-state index is -0.590. The Morgan fingerprint density at radius 2 is 2.35 bits per heavy atom. The summed E-state index contributed by atoms with van der Waals surface area (Å²) in [6.07, 6.45) is 3.24. The van der Waals surface area contributed by atoms with Crippen LogP contribution >= 0.6 is 11.3 Å². The molecule has 4 heteroatoms. The number of nitrogens with zero attached hydrogens (tertiary/aromatic N) is 1. The van der Waals surface area contributed by atoms with Gasteiger partial charge in [0.1, 0.15) is 0 Å². The molecular weight excluding hydrogens is 234 g/mol. The molecule has 3 nitrogen and oxygen atoms in total. The first-order valence-corrected chi connectivity index (χ1v) is 7.18. The Kier molecular flexibility index (Phi) is 1.97. The lowest BCUT2D eigenvalue weighted by Crippen LogP contribution is -2.51. The fourth-order valence-corrected chi connectivity index (χ4v) is 5.28. The van der Waals surface area contributed by atoms with E-state index in [0.29, 0.717) is 12.1 Å². The van der Waals surface area contributed by atoms with Gasteiger partial charge in [0.15, 0.2) is 0 Å². The molecule has 4 bridgehead atoms. The quantitative estimate of drug-likeness (QED) is 0.830. The molecule has 1 aromatic rings. The summed E-state index contributed by atoms with van der Waals surface area (Å²) in [7, 11) is 0. The van der Waals surface area contributed by atoms with Crippen molar-refractivity contribution in [3.63, 3.8) is 0 Å². The fraction of sp³-hybridized carbons (Fsp3) is 0.615. The largest absolute Gasteiger partial charge is 0.481 e. The van der Waals surface area contributed by atoms with Gasteiger partial charge in [-0.05, 0) is 36.3 Å². The van der Waals surface area contributed by atoms with Crippen LogP contribution < -0.4 is 0 Å². The third kappa shape index (κ3) is 1.23. The van der Waals surface area contributed by atoms with Crippen molar-refractivity contribution in [2.45, 2.75) is 43.8 Å². The molecule has 1 aromatic heterocycles. The predicted molar refractivity (Wildman–Crippen MR) is 65.2 cm³/mol. The van der Waals surface area contributed by atoms with Crippen LogP contribution in [0.1, 0.15) is 35.6 Å². The maximum atomic E-state index is 11.5. The van der Waals surface area contributed by atoms with Crippen LogP contribution in [0.15, 0.2) is 11.4 Å². The lowest BCUT2D eigenvalue weighted by molar-refractivity contribution is -0.146. The van der Waals surface area contributed by atoms with Gasteiger partial charge in [-0.1, -0.05) is 0 Å². The Morgan fingerprint density at radius 1 is 1.47 bits per heavy atom. The van der Waals surface area contributed by atoms with Gasteiger partial charge in [0.2, 0.25) is 0 Å². The molecule has 4 heterocycles. The Labute approximate surface area is 104 Å². The first-order valence-electron chi connectivity index (χ1n) is 6.30. The van der Waals surface area contributed by atoms with E-state index in [9.17, 15) is 9.90 Å². The van der Waals surface area contributed by atoms with Crippen molar-refractivity contribution in [2.75, 3.05) is 0 Å². The molecule has 0 saturated carbocycles. The summed E-state index contributed by atoms with van der Waals surface area (Å²) in [5.41, 5.74) is 1.38. The summed E-state index contributed by atoms with van der Waals surface area (Å²) in [5.74, 6) is -0.482. The standard InChI is InChI=1S/C13H15NO2S/c15-13(16)9-5-8-1-2-10-11(9)12-7(3-4-17-12)6-14(8)10/h3-4,8-11H,1-2,5-6H2,(H,15,16). The Balaban J connectivity index is 1.86. The summed E-state index contributed by atoms with van der Waals surface area (Å²) >= 11 is 1.76. The summed E-state index contributed by atoms with van der Waals surface area (Å²) in [6, 6.07) is 3.20. The van der Waals surface area contributed by atoms with Gasteiger partial charge in [0.05, 0.1) is 5.92 Å². The van der Waals surface area contributed by atoms with Gasteiger partial charge < -0.3 is 5.11 Å². The van der Waals surface area contributed by atoms with Crippen LogP contribution in [0, 0.1) is 5.92 Å². The molecule has 0 amide bonds. The van der Waals surface area contributed by atoms with Crippen molar-refractivity contribution >= 4 is 17.3 Å². The number of hydrogen-bond donors (Lipinski definition) is 1. The summed E-state index contributed by atoms with van der Waals surface area (Å²) in [4.78, 5) is 15.4. The van der Waals surface area contributed by atoms with E-state index in [-0.39, 0.29) is 11.8 Å². The van der Waals surface area contributed by atoms with E-state index in [1.807, 2.05) is 0 Å². The SMILES string of the molecule is O=C(O)C1CC2CCC3C1c1sccc1CN23. The number of carboxylic acid groups (broad SMARTS) is 1. The normalized spacial score (nSPS) is 42.2. The average Bonchev–Trinajstić information content (AvgIpc) is 2.84. The maximum absolute atomic E-state index is 11.5. The fourth-order valence-electron chi connectivity index (χ4n) is 4.14. The third-order valence-corrected chi connectivity index (χ3v) is 5.88. The third-order valence-electron chi connectivity index (χ3n) is 4.82. The van der Waals surface area contributed by atoms with Gasteiger partial charge in [-0.25, -0.2) is 0 Å². The number of carbonyl (C=O) groups is 1. The molecule has 2 saturated heterocycles. The Morgan fingerprint density at radius 3 is 3.18 bits per heavy atom. The molecule has 17 heavy (non-hydrogen) atoms. The van der Waals surface area contributed by atoms with E-state index in [0.717, 1.165) is 13.0 Å². The van der Waals surface area contributed by atoms with E-state index in [4.69, 9.17) is 0 Å². The van der Waals surface area contributed by atoms with Gasteiger partial charge in [-0.15, -0.1) is 11.3 Å². The highest BCUT2D eigenvalue weighted by Crippen LogP contribution is 2.53. The van der Waals surface area contributed by atoms with Gasteiger partial charge in [0, 0.05) is 29.4 Å². The van der Waals surface area contributed by atoms with Gasteiger partial charge in [0.25, 0.3) is 0 Å². The van der Waals surface area contributed by atoms with Crippen LogP contribution in [-0.2, 0) is 11.3 Å². The summed E-state index contributed by atoms with van der Waals surface area (Å²) in [5, 5.41) is 11.6. The number of aliphatic carboxylic acids is 1. The Hall–Kier alpha value is -0.870. The van der Waals surface area contributed by atoms with Crippen LogP contribution in [0.3, 0.4) is 0 Å². The van der Waals surface area contributed by atoms with Gasteiger partial charge >= 0.3 is 5.97 Å². The van der Waals surface area contributed by atoms with Crippen molar-refractivity contribution in [2.24, 2.45) is 5.92 Å². The average molecular weight is 249 g/mol. The van der Waals surface area contributed by atoms with Gasteiger partial charge in [-0.2, -0.15) is 0 Å². The second kappa shape index (κ2) is 3.33. The van der Waals surface area contributed by atoms with E-state index < -0.39 is 5.97 Å². The van der Waals surface area contributed by atoms with Crippen LogP contribution in [0.25, 0.3) is 0 Å². The topological polar surface area (TPSA) is 40.5 Å². The molecule has 5 unspecified atom stereocenters. The van der Waals surface area contributed by atoms with E-state index in [2.05, 4.69) is 16.3 Å². The first-order chi connectivity index (χ1) is 8.25. The zero-order valence-corrected chi connectivity index (χ0v) is 10.3. The van der Waals surface area contributed by atoms with Crippen LogP contribution in [0.2, 0.25) is 0 Å². The summed E-state index contributed by atoms with van der Waals surface area (Å²) in [6.45, 7) is 1.05. The first kappa shape index (κ1) is 10.1. The summed E-state index contributed by atoms with van der Waals surface area (Å²) < 4.78 is 0. The molecule has 2 fully saturated rings. The monoisotopic (exact) mass is 249 g/mol. The molecule has 90 valence electrons. The molecule has 5 atom stereocenters. The number of fused-ring (bicyclic) bond motifs is 2. The maximum Gasteiger partial charge on any atom is 0.307 e. The van der Waals surface area contributed by atoms with Crippen molar-refractivity contribution in [3.05, 3.63) is 21.9 Å². The minimum Gasteiger partial charge on any atom is -0.481 e.